The van der Waals surface area contributed by atoms with Gasteiger partial charge >= 0.3 is 0 Å². The summed E-state index contributed by atoms with van der Waals surface area (Å²) in [5, 5.41) is 0. The van der Waals surface area contributed by atoms with Gasteiger partial charge < -0.3 is 10.6 Å². The van der Waals surface area contributed by atoms with Gasteiger partial charge in [0.2, 0.25) is 5.91 Å². The van der Waals surface area contributed by atoms with Gasteiger partial charge in [-0.1, -0.05) is 0 Å². The maximum absolute atomic E-state index is 11.9. The standard InChI is InChI=1S/C12H17N3O/c13-11(9-10-3-5-14-6-4-10)12(16)15-7-1-2-8-15/h3-6,11H,1-2,7-9,13H2/t11-/m0/s1. The molecule has 2 N–H and O–H groups in total. The molecule has 0 saturated carbocycles. The van der Waals surface area contributed by atoms with Gasteiger partial charge in [0, 0.05) is 25.5 Å². The maximum atomic E-state index is 11.9. The number of amides is 1. The molecule has 0 unspecified atom stereocenters. The van der Waals surface area contributed by atoms with E-state index in [2.05, 4.69) is 4.98 Å². The van der Waals surface area contributed by atoms with Crippen molar-refractivity contribution < 1.29 is 4.79 Å². The molecule has 1 aliphatic rings. The quantitative estimate of drug-likeness (QED) is 0.808. The first kappa shape index (κ1) is 11.1. The molecule has 2 rings (SSSR count). The first-order chi connectivity index (χ1) is 7.77. The lowest BCUT2D eigenvalue weighted by atomic mass is 10.1. The van der Waals surface area contributed by atoms with Crippen molar-refractivity contribution in [2.24, 2.45) is 5.73 Å². The number of nitrogens with zero attached hydrogens (tertiary/aromatic N) is 2. The van der Waals surface area contributed by atoms with E-state index in [0.29, 0.717) is 6.42 Å². The smallest absolute Gasteiger partial charge is 0.239 e. The van der Waals surface area contributed by atoms with E-state index >= 15 is 0 Å². The van der Waals surface area contributed by atoms with Crippen LogP contribution in [0.15, 0.2) is 24.5 Å². The minimum absolute atomic E-state index is 0.0781. The summed E-state index contributed by atoms with van der Waals surface area (Å²) in [5.74, 6) is 0.0781. The highest BCUT2D eigenvalue weighted by atomic mass is 16.2. The predicted octanol–water partition coefficient (Wildman–Crippen LogP) is 0.574. The second-order valence-corrected chi connectivity index (χ2v) is 4.20. The van der Waals surface area contributed by atoms with Gasteiger partial charge in [0.25, 0.3) is 0 Å². The largest absolute Gasteiger partial charge is 0.341 e. The predicted molar refractivity (Wildman–Crippen MR) is 61.7 cm³/mol. The van der Waals surface area contributed by atoms with Crippen LogP contribution in [0.1, 0.15) is 18.4 Å². The molecule has 1 saturated heterocycles. The Bertz CT molecular complexity index is 347. The molecule has 0 radical (unpaired) electrons. The van der Waals surface area contributed by atoms with Crippen molar-refractivity contribution in [1.82, 2.24) is 9.88 Å². The monoisotopic (exact) mass is 219 g/mol. The molecule has 86 valence electrons. The molecule has 16 heavy (non-hydrogen) atoms. The van der Waals surface area contributed by atoms with Crippen LogP contribution in [0.3, 0.4) is 0 Å². The highest BCUT2D eigenvalue weighted by Crippen LogP contribution is 2.10. The van der Waals surface area contributed by atoms with Gasteiger partial charge in [-0.3, -0.25) is 9.78 Å². The van der Waals surface area contributed by atoms with Crippen LogP contribution in [-0.4, -0.2) is 34.9 Å². The number of nitrogens with two attached hydrogens (primary N) is 1. The van der Waals surface area contributed by atoms with E-state index in [1.807, 2.05) is 17.0 Å². The van der Waals surface area contributed by atoms with Gasteiger partial charge in [-0.2, -0.15) is 0 Å². The van der Waals surface area contributed by atoms with Crippen LogP contribution in [-0.2, 0) is 11.2 Å². The molecule has 0 aliphatic carbocycles. The summed E-state index contributed by atoms with van der Waals surface area (Å²) in [7, 11) is 0. The van der Waals surface area contributed by atoms with Gasteiger partial charge in [-0.05, 0) is 37.0 Å². The average molecular weight is 219 g/mol. The van der Waals surface area contributed by atoms with Gasteiger partial charge in [0.1, 0.15) is 0 Å². The van der Waals surface area contributed by atoms with Crippen molar-refractivity contribution in [1.29, 1.82) is 0 Å². The van der Waals surface area contributed by atoms with Crippen molar-refractivity contribution in [3.63, 3.8) is 0 Å². The van der Waals surface area contributed by atoms with E-state index in [9.17, 15) is 4.79 Å². The van der Waals surface area contributed by atoms with Crippen molar-refractivity contribution in [3.05, 3.63) is 30.1 Å². The van der Waals surface area contributed by atoms with Crippen molar-refractivity contribution >= 4 is 5.91 Å². The number of likely N-dealkylation sites (tertiary alicyclic amines) is 1. The summed E-state index contributed by atoms with van der Waals surface area (Å²) < 4.78 is 0. The molecule has 1 aromatic rings. The van der Waals surface area contributed by atoms with Crippen LogP contribution in [0.4, 0.5) is 0 Å². The minimum atomic E-state index is -0.416. The summed E-state index contributed by atoms with van der Waals surface area (Å²) in [6.07, 6.45) is 6.25. The van der Waals surface area contributed by atoms with Gasteiger partial charge in [-0.25, -0.2) is 0 Å². The van der Waals surface area contributed by atoms with E-state index in [1.165, 1.54) is 0 Å². The molecular formula is C12H17N3O. The second kappa shape index (κ2) is 5.07. The lowest BCUT2D eigenvalue weighted by Gasteiger charge is -2.20. The van der Waals surface area contributed by atoms with Crippen LogP contribution in [0, 0.1) is 0 Å². The van der Waals surface area contributed by atoms with Crippen molar-refractivity contribution in [2.45, 2.75) is 25.3 Å². The fourth-order valence-corrected chi connectivity index (χ4v) is 2.03. The Morgan fingerprint density at radius 3 is 2.62 bits per heavy atom. The SMILES string of the molecule is N[C@@H](Cc1ccncc1)C(=O)N1CCCC1. The zero-order valence-corrected chi connectivity index (χ0v) is 9.30. The average Bonchev–Trinajstić information content (AvgIpc) is 2.83. The van der Waals surface area contributed by atoms with Gasteiger partial charge in [-0.15, -0.1) is 0 Å². The first-order valence-corrected chi connectivity index (χ1v) is 5.70. The molecule has 2 heterocycles. The van der Waals surface area contributed by atoms with Crippen molar-refractivity contribution in [3.8, 4) is 0 Å². The maximum Gasteiger partial charge on any atom is 0.239 e. The number of rotatable bonds is 3. The Morgan fingerprint density at radius 1 is 1.38 bits per heavy atom. The molecule has 1 aliphatic heterocycles. The third-order valence-corrected chi connectivity index (χ3v) is 2.94. The van der Waals surface area contributed by atoms with E-state index in [4.69, 9.17) is 5.73 Å². The first-order valence-electron chi connectivity index (χ1n) is 5.70. The Hall–Kier alpha value is -1.42. The summed E-state index contributed by atoms with van der Waals surface area (Å²) in [4.78, 5) is 17.7. The summed E-state index contributed by atoms with van der Waals surface area (Å²) in [6.45, 7) is 1.73. The zero-order chi connectivity index (χ0) is 11.4. The zero-order valence-electron chi connectivity index (χ0n) is 9.30. The number of pyridine rings is 1. The molecule has 4 heteroatoms. The summed E-state index contributed by atoms with van der Waals surface area (Å²) in [6, 6.07) is 3.38. The Kier molecular flexibility index (Phi) is 3.51. The van der Waals surface area contributed by atoms with Gasteiger partial charge in [0.15, 0.2) is 0 Å². The highest BCUT2D eigenvalue weighted by Gasteiger charge is 2.23. The normalized spacial score (nSPS) is 17.4. The molecule has 4 nitrogen and oxygen atoms in total. The number of aromatic nitrogens is 1. The number of carbonyl (C=O) groups excluding carboxylic acids is 1. The fourth-order valence-electron chi connectivity index (χ4n) is 2.03. The second-order valence-electron chi connectivity index (χ2n) is 4.20. The molecule has 1 atom stereocenters. The Labute approximate surface area is 95.5 Å². The molecule has 1 amide bonds. The number of carbonyl (C=O) groups is 1. The van der Waals surface area contributed by atoms with E-state index < -0.39 is 6.04 Å². The van der Waals surface area contributed by atoms with E-state index in [1.54, 1.807) is 12.4 Å². The highest BCUT2D eigenvalue weighted by molar-refractivity contribution is 5.82. The van der Waals surface area contributed by atoms with Crippen LogP contribution in [0.25, 0.3) is 0 Å². The topological polar surface area (TPSA) is 59.2 Å². The third-order valence-electron chi connectivity index (χ3n) is 2.94. The molecule has 1 fully saturated rings. The molecular weight excluding hydrogens is 202 g/mol. The lowest BCUT2D eigenvalue weighted by Crippen LogP contribution is -2.43. The Morgan fingerprint density at radius 2 is 2.00 bits per heavy atom. The van der Waals surface area contributed by atoms with Crippen LogP contribution < -0.4 is 5.73 Å². The fraction of sp³-hybridized carbons (Fsp3) is 0.500. The number of hydrogen-bond acceptors (Lipinski definition) is 3. The molecule has 0 aromatic carbocycles. The van der Waals surface area contributed by atoms with Gasteiger partial charge in [0.05, 0.1) is 6.04 Å². The third kappa shape index (κ3) is 2.58. The number of hydrogen-bond donors (Lipinski definition) is 1. The minimum Gasteiger partial charge on any atom is -0.341 e. The molecule has 0 spiro atoms. The summed E-state index contributed by atoms with van der Waals surface area (Å²) >= 11 is 0. The van der Waals surface area contributed by atoms with E-state index in [0.717, 1.165) is 31.5 Å². The van der Waals surface area contributed by atoms with Crippen LogP contribution >= 0.6 is 0 Å². The van der Waals surface area contributed by atoms with Crippen LogP contribution in [0.5, 0.6) is 0 Å². The lowest BCUT2D eigenvalue weighted by molar-refractivity contribution is -0.131. The van der Waals surface area contributed by atoms with Crippen molar-refractivity contribution in [2.75, 3.05) is 13.1 Å². The summed E-state index contributed by atoms with van der Waals surface area (Å²) in [5.41, 5.74) is 6.98. The Balaban J connectivity index is 1.92. The van der Waals surface area contributed by atoms with Crippen LogP contribution in [0.2, 0.25) is 0 Å². The molecule has 1 aromatic heterocycles. The molecule has 0 bridgehead atoms. The van der Waals surface area contributed by atoms with E-state index in [-0.39, 0.29) is 5.91 Å².